The highest BCUT2D eigenvalue weighted by atomic mass is 35.5. The zero-order chi connectivity index (χ0) is 10.1. The van der Waals surface area contributed by atoms with Crippen molar-refractivity contribution in [2.24, 2.45) is 0 Å². The average Bonchev–Trinajstić information content (AvgIpc) is 2.56. The molecule has 0 fully saturated rings. The van der Waals surface area contributed by atoms with E-state index >= 15 is 0 Å². The number of aromatic nitrogens is 2. The van der Waals surface area contributed by atoms with E-state index in [1.165, 1.54) is 0 Å². The first kappa shape index (κ1) is 9.34. The van der Waals surface area contributed by atoms with Gasteiger partial charge in [0.05, 0.1) is 5.52 Å². The Kier molecular flexibility index (Phi) is 2.33. The summed E-state index contributed by atoms with van der Waals surface area (Å²) in [6.45, 7) is 2.07. The van der Waals surface area contributed by atoms with Gasteiger partial charge in [0, 0.05) is 13.5 Å². The molecule has 0 radical (unpaired) electrons. The summed E-state index contributed by atoms with van der Waals surface area (Å²) in [6.07, 6.45) is 0.868. The summed E-state index contributed by atoms with van der Waals surface area (Å²) in [5.41, 5.74) is 0.954. The van der Waals surface area contributed by atoms with Gasteiger partial charge in [0.25, 0.3) is 0 Å². The Bertz CT molecular complexity index is 462. The second-order valence-electron chi connectivity index (χ2n) is 3.05. The number of rotatable bonds is 2. The SMILES string of the molecule is CCc1nc(Cl)c2cccc(NC)n12. The van der Waals surface area contributed by atoms with Gasteiger partial charge in [0.15, 0.2) is 5.15 Å². The lowest BCUT2D eigenvalue weighted by molar-refractivity contribution is 0.936. The molecule has 0 aromatic carbocycles. The van der Waals surface area contributed by atoms with Crippen LogP contribution in [0.4, 0.5) is 5.82 Å². The van der Waals surface area contributed by atoms with Crippen molar-refractivity contribution in [3.05, 3.63) is 29.2 Å². The van der Waals surface area contributed by atoms with Crippen molar-refractivity contribution < 1.29 is 0 Å². The Morgan fingerprint density at radius 3 is 2.93 bits per heavy atom. The number of imidazole rings is 1. The van der Waals surface area contributed by atoms with Crippen LogP contribution >= 0.6 is 11.6 Å². The lowest BCUT2D eigenvalue weighted by atomic mass is 10.4. The molecule has 2 heterocycles. The Balaban J connectivity index is 2.82. The molecule has 0 bridgehead atoms. The third-order valence-corrected chi connectivity index (χ3v) is 2.54. The molecule has 0 unspecified atom stereocenters. The van der Waals surface area contributed by atoms with Crippen molar-refractivity contribution in [3.8, 4) is 0 Å². The fourth-order valence-electron chi connectivity index (χ4n) is 1.60. The van der Waals surface area contributed by atoms with Crippen LogP contribution in [0.2, 0.25) is 5.15 Å². The summed E-state index contributed by atoms with van der Waals surface area (Å²) in [6, 6.07) is 5.94. The van der Waals surface area contributed by atoms with Gasteiger partial charge in [0.1, 0.15) is 11.6 Å². The molecule has 0 aliphatic rings. The molecule has 0 aliphatic carbocycles. The fraction of sp³-hybridized carbons (Fsp3) is 0.300. The minimum Gasteiger partial charge on any atom is -0.374 e. The van der Waals surface area contributed by atoms with Crippen LogP contribution in [0, 0.1) is 0 Å². The van der Waals surface area contributed by atoms with E-state index in [1.54, 1.807) is 0 Å². The fourth-order valence-corrected chi connectivity index (χ4v) is 1.85. The number of nitrogens with zero attached hydrogens (tertiary/aromatic N) is 2. The number of hydrogen-bond donors (Lipinski definition) is 1. The smallest absolute Gasteiger partial charge is 0.155 e. The largest absolute Gasteiger partial charge is 0.374 e. The molecule has 0 saturated carbocycles. The van der Waals surface area contributed by atoms with Crippen LogP contribution in [-0.4, -0.2) is 16.4 Å². The second kappa shape index (κ2) is 3.50. The van der Waals surface area contributed by atoms with Crippen LogP contribution in [0.3, 0.4) is 0 Å². The highest BCUT2D eigenvalue weighted by molar-refractivity contribution is 6.32. The predicted molar refractivity (Wildman–Crippen MR) is 59.1 cm³/mol. The van der Waals surface area contributed by atoms with Gasteiger partial charge in [0.2, 0.25) is 0 Å². The number of pyridine rings is 1. The van der Waals surface area contributed by atoms with E-state index in [0.29, 0.717) is 5.15 Å². The number of aryl methyl sites for hydroxylation is 1. The van der Waals surface area contributed by atoms with E-state index in [2.05, 4.69) is 17.2 Å². The first-order valence-electron chi connectivity index (χ1n) is 4.61. The van der Waals surface area contributed by atoms with Crippen molar-refractivity contribution in [2.45, 2.75) is 13.3 Å². The third kappa shape index (κ3) is 1.24. The molecule has 2 aromatic rings. The molecular weight excluding hydrogens is 198 g/mol. The highest BCUT2D eigenvalue weighted by Gasteiger charge is 2.09. The van der Waals surface area contributed by atoms with Crippen molar-refractivity contribution in [1.29, 1.82) is 0 Å². The van der Waals surface area contributed by atoms with E-state index in [-0.39, 0.29) is 0 Å². The minimum atomic E-state index is 0.568. The number of hydrogen-bond acceptors (Lipinski definition) is 2. The zero-order valence-corrected chi connectivity index (χ0v) is 8.97. The normalized spacial score (nSPS) is 10.8. The van der Waals surface area contributed by atoms with Crippen LogP contribution in [0.1, 0.15) is 12.7 Å². The predicted octanol–water partition coefficient (Wildman–Crippen LogP) is 2.59. The first-order chi connectivity index (χ1) is 6.77. The average molecular weight is 210 g/mol. The summed E-state index contributed by atoms with van der Waals surface area (Å²) in [5.74, 6) is 1.99. The molecule has 0 saturated heterocycles. The number of nitrogens with one attached hydrogen (secondary N) is 1. The zero-order valence-electron chi connectivity index (χ0n) is 8.21. The van der Waals surface area contributed by atoms with Crippen molar-refractivity contribution in [2.75, 3.05) is 12.4 Å². The number of anilines is 1. The van der Waals surface area contributed by atoms with Gasteiger partial charge in [-0.25, -0.2) is 4.98 Å². The molecule has 0 aliphatic heterocycles. The number of fused-ring (bicyclic) bond motifs is 1. The van der Waals surface area contributed by atoms with Crippen molar-refractivity contribution in [3.63, 3.8) is 0 Å². The Labute approximate surface area is 87.7 Å². The topological polar surface area (TPSA) is 29.3 Å². The molecular formula is C10H12ClN3. The maximum Gasteiger partial charge on any atom is 0.155 e. The van der Waals surface area contributed by atoms with Gasteiger partial charge in [-0.05, 0) is 12.1 Å². The quantitative estimate of drug-likeness (QED) is 0.824. The molecule has 2 aromatic heterocycles. The number of halogens is 1. The van der Waals surface area contributed by atoms with Crippen molar-refractivity contribution >= 4 is 22.9 Å². The molecule has 1 N–H and O–H groups in total. The molecule has 74 valence electrons. The monoisotopic (exact) mass is 209 g/mol. The van der Waals surface area contributed by atoms with Crippen LogP contribution in [0.15, 0.2) is 18.2 Å². The van der Waals surface area contributed by atoms with E-state index in [4.69, 9.17) is 11.6 Å². The summed E-state index contributed by atoms with van der Waals surface area (Å²) >= 11 is 6.03. The van der Waals surface area contributed by atoms with Gasteiger partial charge in [-0.1, -0.05) is 24.6 Å². The molecule has 2 rings (SSSR count). The van der Waals surface area contributed by atoms with E-state index in [9.17, 15) is 0 Å². The van der Waals surface area contributed by atoms with E-state index < -0.39 is 0 Å². The summed E-state index contributed by atoms with van der Waals surface area (Å²) in [4.78, 5) is 4.31. The van der Waals surface area contributed by atoms with Crippen LogP contribution in [-0.2, 0) is 6.42 Å². The molecule has 3 nitrogen and oxygen atoms in total. The van der Waals surface area contributed by atoms with Gasteiger partial charge >= 0.3 is 0 Å². The Hall–Kier alpha value is -1.22. The van der Waals surface area contributed by atoms with E-state index in [0.717, 1.165) is 23.6 Å². The maximum atomic E-state index is 6.03. The first-order valence-corrected chi connectivity index (χ1v) is 4.99. The minimum absolute atomic E-state index is 0.568. The van der Waals surface area contributed by atoms with Gasteiger partial charge < -0.3 is 5.32 Å². The Morgan fingerprint density at radius 2 is 2.29 bits per heavy atom. The molecule has 0 amide bonds. The van der Waals surface area contributed by atoms with Gasteiger partial charge in [-0.2, -0.15) is 0 Å². The Morgan fingerprint density at radius 1 is 1.50 bits per heavy atom. The molecule has 0 spiro atoms. The van der Waals surface area contributed by atoms with Gasteiger partial charge in [-0.15, -0.1) is 0 Å². The van der Waals surface area contributed by atoms with Gasteiger partial charge in [-0.3, -0.25) is 4.40 Å². The summed E-state index contributed by atoms with van der Waals surface area (Å²) < 4.78 is 2.04. The van der Waals surface area contributed by atoms with Crippen LogP contribution in [0.5, 0.6) is 0 Å². The van der Waals surface area contributed by atoms with E-state index in [1.807, 2.05) is 29.6 Å². The summed E-state index contributed by atoms with van der Waals surface area (Å²) in [5, 5.41) is 3.69. The lowest BCUT2D eigenvalue weighted by Gasteiger charge is -2.06. The molecule has 4 heteroatoms. The van der Waals surface area contributed by atoms with Crippen LogP contribution in [0.25, 0.3) is 5.52 Å². The molecule has 14 heavy (non-hydrogen) atoms. The van der Waals surface area contributed by atoms with Crippen molar-refractivity contribution in [1.82, 2.24) is 9.38 Å². The lowest BCUT2D eigenvalue weighted by Crippen LogP contribution is -2.00. The van der Waals surface area contributed by atoms with Crippen LogP contribution < -0.4 is 5.32 Å². The second-order valence-corrected chi connectivity index (χ2v) is 3.41. The summed E-state index contributed by atoms with van der Waals surface area (Å²) in [7, 11) is 1.89. The standard InChI is InChI=1S/C10H12ClN3/c1-3-8-13-10(11)7-5-4-6-9(12-2)14(7)8/h4-6,12H,3H2,1-2H3. The highest BCUT2D eigenvalue weighted by Crippen LogP contribution is 2.22. The molecule has 0 atom stereocenters. The third-order valence-electron chi connectivity index (χ3n) is 2.26. The maximum absolute atomic E-state index is 6.03.